The molecular formula is C16H15NO2. The Hall–Kier alpha value is -2.29. The molecule has 0 bridgehead atoms. The number of hydrogen-bond donors (Lipinski definition) is 1. The van der Waals surface area contributed by atoms with E-state index in [2.05, 4.69) is 4.99 Å². The van der Waals surface area contributed by atoms with Crippen molar-refractivity contribution in [3.63, 3.8) is 0 Å². The summed E-state index contributed by atoms with van der Waals surface area (Å²) in [6, 6.07) is 15.6. The Bertz CT molecular complexity index is 620. The minimum atomic E-state index is 0.0110. The second kappa shape index (κ2) is 4.76. The molecule has 1 aliphatic rings. The lowest BCUT2D eigenvalue weighted by Crippen LogP contribution is -2.01. The molecule has 0 fully saturated rings. The number of hydrogen-bond acceptors (Lipinski definition) is 3. The Balaban J connectivity index is 1.91. The maximum Gasteiger partial charge on any atom is 0.220 e. The molecule has 96 valence electrons. The lowest BCUT2D eigenvalue weighted by atomic mass is 10.1. The molecule has 1 heterocycles. The van der Waals surface area contributed by atoms with Crippen LogP contribution in [0.2, 0.25) is 0 Å². The third kappa shape index (κ3) is 2.32. The van der Waals surface area contributed by atoms with Crippen molar-refractivity contribution in [2.45, 2.75) is 13.0 Å². The van der Waals surface area contributed by atoms with E-state index in [1.54, 1.807) is 6.07 Å². The molecule has 2 aromatic carbocycles. The summed E-state index contributed by atoms with van der Waals surface area (Å²) in [6.45, 7) is 2.46. The highest BCUT2D eigenvalue weighted by molar-refractivity contribution is 5.97. The fourth-order valence-corrected chi connectivity index (χ4v) is 2.19. The molecule has 1 aliphatic heterocycles. The fraction of sp³-hybridized carbons (Fsp3) is 0.188. The predicted molar refractivity (Wildman–Crippen MR) is 74.5 cm³/mol. The monoisotopic (exact) mass is 253 g/mol. The van der Waals surface area contributed by atoms with Gasteiger partial charge in [-0.25, -0.2) is 4.99 Å². The first-order chi connectivity index (χ1) is 9.24. The Kier molecular flexibility index (Phi) is 2.95. The number of nitrogens with zero attached hydrogens (tertiary/aromatic N) is 1. The number of ether oxygens (including phenoxy) is 1. The highest BCUT2D eigenvalue weighted by atomic mass is 16.5. The van der Waals surface area contributed by atoms with Gasteiger partial charge in [0, 0.05) is 0 Å². The van der Waals surface area contributed by atoms with Crippen LogP contribution in [0.4, 0.5) is 0 Å². The summed E-state index contributed by atoms with van der Waals surface area (Å²) < 4.78 is 5.62. The molecular weight excluding hydrogens is 238 g/mol. The summed E-state index contributed by atoms with van der Waals surface area (Å²) in [4.78, 5) is 4.55. The van der Waals surface area contributed by atoms with Crippen molar-refractivity contribution in [2.75, 3.05) is 6.61 Å². The number of phenols is 1. The van der Waals surface area contributed by atoms with Gasteiger partial charge in [0.1, 0.15) is 18.4 Å². The number of benzene rings is 2. The average molecular weight is 253 g/mol. The van der Waals surface area contributed by atoms with E-state index < -0.39 is 0 Å². The molecule has 0 aromatic heterocycles. The second-order valence-electron chi connectivity index (χ2n) is 4.69. The number of aryl methyl sites for hydroxylation is 1. The molecule has 2 aromatic rings. The van der Waals surface area contributed by atoms with E-state index in [1.807, 2.05) is 49.4 Å². The second-order valence-corrected chi connectivity index (χ2v) is 4.69. The van der Waals surface area contributed by atoms with Crippen LogP contribution < -0.4 is 0 Å². The van der Waals surface area contributed by atoms with Crippen molar-refractivity contribution in [3.8, 4) is 5.75 Å². The zero-order valence-electron chi connectivity index (χ0n) is 10.7. The van der Waals surface area contributed by atoms with Gasteiger partial charge in [-0.15, -0.1) is 0 Å². The van der Waals surface area contributed by atoms with Crippen molar-refractivity contribution in [1.82, 2.24) is 0 Å². The summed E-state index contributed by atoms with van der Waals surface area (Å²) in [7, 11) is 0. The van der Waals surface area contributed by atoms with Gasteiger partial charge in [0.2, 0.25) is 5.90 Å². The van der Waals surface area contributed by atoms with Gasteiger partial charge in [0.15, 0.2) is 0 Å². The Morgan fingerprint density at radius 1 is 1.16 bits per heavy atom. The van der Waals surface area contributed by atoms with Gasteiger partial charge in [0.05, 0.1) is 5.56 Å². The first kappa shape index (κ1) is 11.8. The van der Waals surface area contributed by atoms with Crippen molar-refractivity contribution in [2.24, 2.45) is 4.99 Å². The molecule has 0 aliphatic carbocycles. The van der Waals surface area contributed by atoms with Crippen molar-refractivity contribution >= 4 is 5.90 Å². The summed E-state index contributed by atoms with van der Waals surface area (Å²) in [6.07, 6.45) is 0. The van der Waals surface area contributed by atoms with Gasteiger partial charge in [-0.3, -0.25) is 0 Å². The third-order valence-corrected chi connectivity index (χ3v) is 3.22. The molecule has 3 nitrogen and oxygen atoms in total. The standard InChI is InChI=1S/C16H15NO2/c1-11-7-8-13(15(18)9-11)16-17-14(10-19-16)12-5-3-2-4-6-12/h2-9,14,18H,10H2,1H3/t14-/m1/s1. The molecule has 0 radical (unpaired) electrons. The Labute approximate surface area is 112 Å². The van der Waals surface area contributed by atoms with Crippen LogP contribution in [0, 0.1) is 6.92 Å². The maximum atomic E-state index is 9.95. The first-order valence-electron chi connectivity index (χ1n) is 6.29. The fourth-order valence-electron chi connectivity index (χ4n) is 2.19. The molecule has 0 unspecified atom stereocenters. The van der Waals surface area contributed by atoms with Crippen LogP contribution in [0.15, 0.2) is 53.5 Å². The van der Waals surface area contributed by atoms with Crippen LogP contribution in [0.1, 0.15) is 22.7 Å². The predicted octanol–water partition coefficient (Wildman–Crippen LogP) is 3.22. The van der Waals surface area contributed by atoms with Crippen molar-refractivity contribution in [1.29, 1.82) is 0 Å². The molecule has 19 heavy (non-hydrogen) atoms. The lowest BCUT2D eigenvalue weighted by molar-refractivity contribution is 0.318. The molecule has 3 heteroatoms. The lowest BCUT2D eigenvalue weighted by Gasteiger charge is -2.04. The molecule has 0 spiro atoms. The first-order valence-corrected chi connectivity index (χ1v) is 6.29. The summed E-state index contributed by atoms with van der Waals surface area (Å²) in [5.41, 5.74) is 2.80. The highest BCUT2D eigenvalue weighted by Gasteiger charge is 2.23. The SMILES string of the molecule is Cc1ccc(C2=N[C@@H](c3ccccc3)CO2)c(O)c1. The molecule has 1 N–H and O–H groups in total. The maximum absolute atomic E-state index is 9.95. The summed E-state index contributed by atoms with van der Waals surface area (Å²) in [5.74, 6) is 0.735. The van der Waals surface area contributed by atoms with E-state index in [4.69, 9.17) is 4.74 Å². The van der Waals surface area contributed by atoms with E-state index in [-0.39, 0.29) is 11.8 Å². The van der Waals surface area contributed by atoms with Crippen molar-refractivity contribution in [3.05, 3.63) is 65.2 Å². The highest BCUT2D eigenvalue weighted by Crippen LogP contribution is 2.28. The minimum Gasteiger partial charge on any atom is -0.507 e. The van der Waals surface area contributed by atoms with Gasteiger partial charge >= 0.3 is 0 Å². The van der Waals surface area contributed by atoms with Crippen LogP contribution in [-0.4, -0.2) is 17.6 Å². The smallest absolute Gasteiger partial charge is 0.220 e. The van der Waals surface area contributed by atoms with E-state index in [1.165, 1.54) is 0 Å². The normalized spacial score (nSPS) is 17.9. The Morgan fingerprint density at radius 2 is 1.95 bits per heavy atom. The van der Waals surface area contributed by atoms with Gasteiger partial charge in [0.25, 0.3) is 0 Å². The zero-order valence-corrected chi connectivity index (χ0v) is 10.7. The van der Waals surface area contributed by atoms with Crippen molar-refractivity contribution < 1.29 is 9.84 Å². The molecule has 0 saturated carbocycles. The summed E-state index contributed by atoms with van der Waals surface area (Å²) >= 11 is 0. The van der Waals surface area contributed by atoms with E-state index in [9.17, 15) is 5.11 Å². The molecule has 0 saturated heterocycles. The largest absolute Gasteiger partial charge is 0.507 e. The summed E-state index contributed by atoms with van der Waals surface area (Å²) in [5, 5.41) is 9.95. The molecule has 0 amide bonds. The number of rotatable bonds is 2. The van der Waals surface area contributed by atoms with Gasteiger partial charge in [-0.1, -0.05) is 36.4 Å². The average Bonchev–Trinajstić information content (AvgIpc) is 2.89. The van der Waals surface area contributed by atoms with Crippen LogP contribution >= 0.6 is 0 Å². The van der Waals surface area contributed by atoms with Crippen LogP contribution in [0.3, 0.4) is 0 Å². The van der Waals surface area contributed by atoms with Gasteiger partial charge < -0.3 is 9.84 Å². The zero-order chi connectivity index (χ0) is 13.2. The van der Waals surface area contributed by atoms with E-state index in [0.29, 0.717) is 18.1 Å². The van der Waals surface area contributed by atoms with Gasteiger partial charge in [-0.2, -0.15) is 0 Å². The number of aromatic hydroxyl groups is 1. The van der Waals surface area contributed by atoms with E-state index in [0.717, 1.165) is 11.1 Å². The quantitative estimate of drug-likeness (QED) is 0.892. The molecule has 1 atom stereocenters. The van der Waals surface area contributed by atoms with Crippen LogP contribution in [0.25, 0.3) is 0 Å². The topological polar surface area (TPSA) is 41.8 Å². The van der Waals surface area contributed by atoms with Gasteiger partial charge in [-0.05, 0) is 30.2 Å². The molecule has 3 rings (SSSR count). The Morgan fingerprint density at radius 3 is 2.68 bits per heavy atom. The van der Waals surface area contributed by atoms with Crippen LogP contribution in [-0.2, 0) is 4.74 Å². The minimum absolute atomic E-state index is 0.0110. The van der Waals surface area contributed by atoms with E-state index >= 15 is 0 Å². The number of phenolic OH excluding ortho intramolecular Hbond substituents is 1. The third-order valence-electron chi connectivity index (χ3n) is 3.22. The van der Waals surface area contributed by atoms with Crippen LogP contribution in [0.5, 0.6) is 5.75 Å². The number of aliphatic imine (C=N–C) groups is 1.